The van der Waals surface area contributed by atoms with Gasteiger partial charge in [0.2, 0.25) is 0 Å². The summed E-state index contributed by atoms with van der Waals surface area (Å²) in [5.74, 6) is 0.179. The van der Waals surface area contributed by atoms with Gasteiger partial charge in [-0.25, -0.2) is 0 Å². The lowest BCUT2D eigenvalue weighted by molar-refractivity contribution is 0.0694. The molecule has 0 saturated carbocycles. The maximum Gasteiger partial charge on any atom is 0.274 e. The van der Waals surface area contributed by atoms with Crippen molar-refractivity contribution in [2.45, 2.75) is 70.9 Å². The van der Waals surface area contributed by atoms with Crippen molar-refractivity contribution in [2.75, 3.05) is 59.5 Å². The number of piperazine rings is 1. The summed E-state index contributed by atoms with van der Waals surface area (Å²) in [5.41, 5.74) is 3.34. The van der Waals surface area contributed by atoms with Gasteiger partial charge in [-0.1, -0.05) is 19.8 Å². The summed E-state index contributed by atoms with van der Waals surface area (Å²) in [6, 6.07) is 0.534. The first-order valence-electron chi connectivity index (χ1n) is 12.5. The van der Waals surface area contributed by atoms with E-state index in [9.17, 15) is 4.79 Å². The lowest BCUT2D eigenvalue weighted by Gasteiger charge is -2.40. The molecule has 2 saturated heterocycles. The van der Waals surface area contributed by atoms with E-state index in [2.05, 4.69) is 26.3 Å². The van der Waals surface area contributed by atoms with E-state index >= 15 is 0 Å². The van der Waals surface area contributed by atoms with Crippen molar-refractivity contribution in [3.63, 3.8) is 0 Å². The summed E-state index contributed by atoms with van der Waals surface area (Å²) in [6.45, 7) is 11.2. The molecular formula is C24H41N5O2. The third-order valence-electron chi connectivity index (χ3n) is 7.39. The molecule has 31 heavy (non-hydrogen) atoms. The van der Waals surface area contributed by atoms with E-state index in [0.29, 0.717) is 6.04 Å². The quantitative estimate of drug-likeness (QED) is 0.664. The first-order valence-corrected chi connectivity index (χ1v) is 12.5. The monoisotopic (exact) mass is 431 g/mol. The fourth-order valence-corrected chi connectivity index (χ4v) is 5.55. The van der Waals surface area contributed by atoms with Crippen LogP contribution >= 0.6 is 0 Å². The summed E-state index contributed by atoms with van der Waals surface area (Å²) in [6.07, 6.45) is 8.99. The van der Waals surface area contributed by atoms with Crippen molar-refractivity contribution < 1.29 is 9.53 Å². The summed E-state index contributed by atoms with van der Waals surface area (Å²) in [5, 5.41) is 4.90. The van der Waals surface area contributed by atoms with E-state index in [1.807, 2.05) is 0 Å². The van der Waals surface area contributed by atoms with Gasteiger partial charge in [0.15, 0.2) is 5.69 Å². The predicted octanol–water partition coefficient (Wildman–Crippen LogP) is 2.43. The number of rotatable bonds is 7. The van der Waals surface area contributed by atoms with Crippen molar-refractivity contribution in [1.82, 2.24) is 24.5 Å². The molecule has 1 aliphatic carbocycles. The molecule has 3 aliphatic rings. The number of carbonyl (C=O) groups is 1. The molecule has 1 aromatic rings. The molecule has 1 aromatic heterocycles. The van der Waals surface area contributed by atoms with Gasteiger partial charge in [-0.15, -0.1) is 0 Å². The van der Waals surface area contributed by atoms with E-state index in [0.717, 1.165) is 96.8 Å². The van der Waals surface area contributed by atoms with Crippen LogP contribution in [0.4, 0.5) is 0 Å². The predicted molar refractivity (Wildman–Crippen MR) is 123 cm³/mol. The fourth-order valence-electron chi connectivity index (χ4n) is 5.55. The highest BCUT2D eigenvalue weighted by Crippen LogP contribution is 2.29. The fraction of sp³-hybridized carbons (Fsp3) is 0.833. The van der Waals surface area contributed by atoms with Gasteiger partial charge in [0.05, 0.1) is 6.61 Å². The average molecular weight is 432 g/mol. The second kappa shape index (κ2) is 10.9. The summed E-state index contributed by atoms with van der Waals surface area (Å²) in [4.78, 5) is 20.7. The first-order chi connectivity index (χ1) is 15.2. The number of ether oxygens (including phenoxy) is 1. The van der Waals surface area contributed by atoms with E-state index in [1.54, 1.807) is 7.11 Å². The topological polar surface area (TPSA) is 53.8 Å². The minimum atomic E-state index is 0.179. The molecule has 174 valence electrons. The smallest absolute Gasteiger partial charge is 0.274 e. The number of methoxy groups -OCH3 is 1. The standard InChI is InChI=1S/C24H41N5O2/c1-3-10-29-22-9-8-20(27-15-13-26(14-16-27)17-18-31-2)19-21(22)23(25-29)24(30)28-11-6-4-5-7-12-28/h20H,3-19H2,1-2H3. The molecule has 1 unspecified atom stereocenters. The SMILES string of the molecule is CCCn1nc(C(=O)N2CCCCCC2)c2c1CCC(N1CCN(CCOC)CC1)C2. The Morgan fingerprint density at radius 2 is 1.77 bits per heavy atom. The van der Waals surface area contributed by atoms with Crippen molar-refractivity contribution in [3.05, 3.63) is 17.0 Å². The van der Waals surface area contributed by atoms with E-state index in [4.69, 9.17) is 9.84 Å². The Morgan fingerprint density at radius 1 is 1.03 bits per heavy atom. The van der Waals surface area contributed by atoms with E-state index in [1.165, 1.54) is 30.5 Å². The van der Waals surface area contributed by atoms with Crippen LogP contribution in [0.25, 0.3) is 0 Å². The van der Waals surface area contributed by atoms with Crippen LogP contribution in [0.5, 0.6) is 0 Å². The van der Waals surface area contributed by atoms with Gasteiger partial charge in [-0.05, 0) is 38.5 Å². The molecule has 0 N–H and O–H groups in total. The van der Waals surface area contributed by atoms with Crippen LogP contribution in [0.2, 0.25) is 0 Å². The number of aromatic nitrogens is 2. The van der Waals surface area contributed by atoms with Crippen molar-refractivity contribution in [2.24, 2.45) is 0 Å². The molecule has 1 amide bonds. The lowest BCUT2D eigenvalue weighted by Crippen LogP contribution is -2.52. The minimum Gasteiger partial charge on any atom is -0.383 e. The highest BCUT2D eigenvalue weighted by molar-refractivity contribution is 5.94. The third kappa shape index (κ3) is 5.32. The van der Waals surface area contributed by atoms with E-state index in [-0.39, 0.29) is 5.91 Å². The lowest BCUT2D eigenvalue weighted by atomic mass is 9.89. The number of hydrogen-bond acceptors (Lipinski definition) is 5. The highest BCUT2D eigenvalue weighted by Gasteiger charge is 2.34. The van der Waals surface area contributed by atoms with Crippen LogP contribution in [-0.4, -0.2) is 96.0 Å². The number of nitrogens with zero attached hydrogens (tertiary/aromatic N) is 5. The van der Waals surface area contributed by atoms with Crippen molar-refractivity contribution >= 4 is 5.91 Å². The number of fused-ring (bicyclic) bond motifs is 1. The molecule has 3 heterocycles. The second-order valence-corrected chi connectivity index (χ2v) is 9.47. The average Bonchev–Trinajstić information content (AvgIpc) is 2.97. The zero-order valence-electron chi connectivity index (χ0n) is 19.7. The number of amides is 1. The van der Waals surface area contributed by atoms with Gasteiger partial charge in [-0.2, -0.15) is 5.10 Å². The normalized spacial score (nSPS) is 23.5. The Bertz CT molecular complexity index is 718. The number of carbonyl (C=O) groups excluding carboxylic acids is 1. The van der Waals surface area contributed by atoms with Crippen LogP contribution in [0.1, 0.15) is 67.2 Å². The van der Waals surface area contributed by atoms with Gasteiger partial charge in [0, 0.05) is 76.8 Å². The molecule has 0 aromatic carbocycles. The largest absolute Gasteiger partial charge is 0.383 e. The second-order valence-electron chi connectivity index (χ2n) is 9.47. The number of aryl methyl sites for hydroxylation is 1. The van der Waals surface area contributed by atoms with Crippen molar-refractivity contribution in [3.8, 4) is 0 Å². The summed E-state index contributed by atoms with van der Waals surface area (Å²) < 4.78 is 7.39. The molecule has 4 rings (SSSR count). The number of hydrogen-bond donors (Lipinski definition) is 0. The Morgan fingerprint density at radius 3 is 2.45 bits per heavy atom. The van der Waals surface area contributed by atoms with Gasteiger partial charge in [-0.3, -0.25) is 19.3 Å². The molecule has 0 bridgehead atoms. The zero-order chi connectivity index (χ0) is 21.6. The van der Waals surface area contributed by atoms with Crippen LogP contribution in [0.15, 0.2) is 0 Å². The first kappa shape index (κ1) is 22.7. The molecule has 0 spiro atoms. The Labute approximate surface area is 187 Å². The van der Waals surface area contributed by atoms with Gasteiger partial charge in [0.25, 0.3) is 5.91 Å². The molecule has 2 fully saturated rings. The van der Waals surface area contributed by atoms with Gasteiger partial charge in [0.1, 0.15) is 0 Å². The Balaban J connectivity index is 1.47. The molecule has 7 heteroatoms. The minimum absolute atomic E-state index is 0.179. The Hall–Kier alpha value is -1.44. The highest BCUT2D eigenvalue weighted by atomic mass is 16.5. The number of likely N-dealkylation sites (tertiary alicyclic amines) is 1. The third-order valence-corrected chi connectivity index (χ3v) is 7.39. The van der Waals surface area contributed by atoms with Crippen LogP contribution in [0.3, 0.4) is 0 Å². The summed E-state index contributed by atoms with van der Waals surface area (Å²) >= 11 is 0. The summed E-state index contributed by atoms with van der Waals surface area (Å²) in [7, 11) is 1.78. The maximum atomic E-state index is 13.5. The molecule has 0 radical (unpaired) electrons. The van der Waals surface area contributed by atoms with Gasteiger partial charge < -0.3 is 9.64 Å². The van der Waals surface area contributed by atoms with Crippen LogP contribution < -0.4 is 0 Å². The molecular weight excluding hydrogens is 390 g/mol. The molecule has 1 atom stereocenters. The Kier molecular flexibility index (Phi) is 8.02. The molecule has 7 nitrogen and oxygen atoms in total. The van der Waals surface area contributed by atoms with Crippen LogP contribution in [0, 0.1) is 0 Å². The zero-order valence-corrected chi connectivity index (χ0v) is 19.7. The van der Waals surface area contributed by atoms with Crippen molar-refractivity contribution in [1.29, 1.82) is 0 Å². The maximum absolute atomic E-state index is 13.5. The van der Waals surface area contributed by atoms with Crippen LogP contribution in [-0.2, 0) is 24.1 Å². The van der Waals surface area contributed by atoms with Gasteiger partial charge >= 0.3 is 0 Å². The van der Waals surface area contributed by atoms with E-state index < -0.39 is 0 Å². The molecule has 2 aliphatic heterocycles.